The van der Waals surface area contributed by atoms with Crippen LogP contribution in [0.5, 0.6) is 5.75 Å². The molecule has 0 saturated carbocycles. The first-order valence-corrected chi connectivity index (χ1v) is 7.67. The Balaban J connectivity index is 2.18. The lowest BCUT2D eigenvalue weighted by Gasteiger charge is -2.13. The lowest BCUT2D eigenvalue weighted by molar-refractivity contribution is 0.416. The zero-order valence-corrected chi connectivity index (χ0v) is 13.7. The molecule has 0 N–H and O–H groups in total. The molecule has 0 fully saturated rings. The maximum Gasteiger partial charge on any atom is 0.167 e. The molecule has 0 heterocycles. The van der Waals surface area contributed by atoms with Gasteiger partial charge in [0.1, 0.15) is 5.75 Å². The van der Waals surface area contributed by atoms with Crippen molar-refractivity contribution in [3.63, 3.8) is 0 Å². The number of methoxy groups -OCH3 is 1. The van der Waals surface area contributed by atoms with Crippen LogP contribution in [0, 0.1) is 11.6 Å². The number of benzene rings is 3. The van der Waals surface area contributed by atoms with Crippen LogP contribution in [-0.4, -0.2) is 7.11 Å². The molecule has 1 unspecified atom stereocenters. The Bertz CT molecular complexity index is 862. The molecule has 0 aliphatic carbocycles. The highest BCUT2D eigenvalue weighted by molar-refractivity contribution is 7.28. The fourth-order valence-electron chi connectivity index (χ4n) is 2.57. The quantitative estimate of drug-likeness (QED) is 0.627. The van der Waals surface area contributed by atoms with Crippen molar-refractivity contribution in [1.29, 1.82) is 0 Å². The lowest BCUT2D eigenvalue weighted by Crippen LogP contribution is -2.01. The normalized spacial score (nSPS) is 10.6. The smallest absolute Gasteiger partial charge is 0.167 e. The Morgan fingerprint density at radius 3 is 1.83 bits per heavy atom. The van der Waals surface area contributed by atoms with Crippen molar-refractivity contribution in [1.82, 2.24) is 0 Å². The van der Waals surface area contributed by atoms with Gasteiger partial charge in [-0.2, -0.15) is 0 Å². The van der Waals surface area contributed by atoms with Gasteiger partial charge in [0.05, 0.1) is 7.11 Å². The van der Waals surface area contributed by atoms with Gasteiger partial charge in [-0.3, -0.25) is 0 Å². The van der Waals surface area contributed by atoms with Gasteiger partial charge in [0.25, 0.3) is 0 Å². The molecule has 0 bridgehead atoms. The first-order chi connectivity index (χ1) is 11.1. The van der Waals surface area contributed by atoms with E-state index in [2.05, 4.69) is 9.24 Å². The predicted octanol–water partition coefficient (Wildman–Crippen LogP) is 4.81. The molecule has 1 atom stereocenters. The van der Waals surface area contributed by atoms with E-state index in [1.807, 2.05) is 12.1 Å². The number of ether oxygens (including phenoxy) is 1. The standard InChI is InChI=1S/C19H15F2OP/c1-22-16-8-4-2-6-12(16)14-10-11-15(19(21)18(14)20)13-7-3-5-9-17(13)23/h2-11H,23H2,1H3. The Hall–Kier alpha value is -2.25. The molecule has 0 radical (unpaired) electrons. The summed E-state index contributed by atoms with van der Waals surface area (Å²) in [6.45, 7) is 0. The van der Waals surface area contributed by atoms with Gasteiger partial charge in [-0.1, -0.05) is 54.6 Å². The van der Waals surface area contributed by atoms with Crippen LogP contribution in [0.4, 0.5) is 8.78 Å². The van der Waals surface area contributed by atoms with Crippen molar-refractivity contribution in [2.45, 2.75) is 0 Å². The molecule has 23 heavy (non-hydrogen) atoms. The van der Waals surface area contributed by atoms with Crippen LogP contribution in [0.2, 0.25) is 0 Å². The topological polar surface area (TPSA) is 9.23 Å². The Morgan fingerprint density at radius 2 is 1.22 bits per heavy atom. The summed E-state index contributed by atoms with van der Waals surface area (Å²) in [5.74, 6) is -1.23. The minimum atomic E-state index is -0.875. The van der Waals surface area contributed by atoms with Crippen LogP contribution < -0.4 is 10.0 Å². The summed E-state index contributed by atoms with van der Waals surface area (Å²) in [5.41, 5.74) is 1.61. The molecule has 3 aromatic rings. The molecule has 0 spiro atoms. The van der Waals surface area contributed by atoms with Crippen molar-refractivity contribution in [3.8, 4) is 28.0 Å². The van der Waals surface area contributed by atoms with Crippen molar-refractivity contribution in [2.75, 3.05) is 7.11 Å². The van der Waals surface area contributed by atoms with Crippen LogP contribution >= 0.6 is 9.24 Å². The van der Waals surface area contributed by atoms with Crippen molar-refractivity contribution < 1.29 is 13.5 Å². The van der Waals surface area contributed by atoms with E-state index in [4.69, 9.17) is 4.74 Å². The Labute approximate surface area is 136 Å². The average Bonchev–Trinajstić information content (AvgIpc) is 2.58. The molecule has 0 aliphatic heterocycles. The highest BCUT2D eigenvalue weighted by Gasteiger charge is 2.18. The van der Waals surface area contributed by atoms with Crippen LogP contribution in [0.1, 0.15) is 0 Å². The van der Waals surface area contributed by atoms with Gasteiger partial charge in [-0.15, -0.1) is 9.24 Å². The molecular weight excluding hydrogens is 313 g/mol. The summed E-state index contributed by atoms with van der Waals surface area (Å²) < 4.78 is 34.5. The maximum absolute atomic E-state index is 14.6. The fraction of sp³-hybridized carbons (Fsp3) is 0.0526. The Kier molecular flexibility index (Phi) is 4.40. The largest absolute Gasteiger partial charge is 0.496 e. The van der Waals surface area contributed by atoms with Gasteiger partial charge < -0.3 is 4.74 Å². The van der Waals surface area contributed by atoms with E-state index >= 15 is 0 Å². The van der Waals surface area contributed by atoms with Gasteiger partial charge >= 0.3 is 0 Å². The molecule has 1 nitrogen and oxygen atoms in total. The zero-order valence-electron chi connectivity index (χ0n) is 12.5. The van der Waals surface area contributed by atoms with Crippen LogP contribution in [0.3, 0.4) is 0 Å². The molecule has 0 aliphatic rings. The van der Waals surface area contributed by atoms with E-state index in [0.717, 1.165) is 5.30 Å². The third-order valence-electron chi connectivity index (χ3n) is 3.73. The summed E-state index contributed by atoms with van der Waals surface area (Å²) >= 11 is 0. The highest BCUT2D eigenvalue weighted by atomic mass is 31.0. The first-order valence-electron chi connectivity index (χ1n) is 7.09. The number of hydrogen-bond donors (Lipinski definition) is 0. The van der Waals surface area contributed by atoms with Crippen molar-refractivity contribution >= 4 is 14.5 Å². The number of rotatable bonds is 3. The van der Waals surface area contributed by atoms with Gasteiger partial charge in [-0.25, -0.2) is 8.78 Å². The van der Waals surface area contributed by atoms with Crippen LogP contribution in [-0.2, 0) is 0 Å². The van der Waals surface area contributed by atoms with Crippen molar-refractivity contribution in [2.24, 2.45) is 0 Å². The molecule has 116 valence electrons. The van der Waals surface area contributed by atoms with E-state index < -0.39 is 11.6 Å². The monoisotopic (exact) mass is 328 g/mol. The second-order valence-electron chi connectivity index (χ2n) is 5.08. The van der Waals surface area contributed by atoms with E-state index in [0.29, 0.717) is 16.9 Å². The molecule has 0 aromatic heterocycles. The van der Waals surface area contributed by atoms with E-state index in [-0.39, 0.29) is 11.1 Å². The van der Waals surface area contributed by atoms with Crippen LogP contribution in [0.15, 0.2) is 60.7 Å². The second-order valence-corrected chi connectivity index (χ2v) is 5.70. The number of halogens is 2. The minimum Gasteiger partial charge on any atom is -0.496 e. The summed E-state index contributed by atoms with van der Waals surface area (Å²) in [4.78, 5) is 0. The molecular formula is C19H15F2OP. The lowest BCUT2D eigenvalue weighted by atomic mass is 9.98. The third-order valence-corrected chi connectivity index (χ3v) is 4.23. The minimum absolute atomic E-state index is 0.185. The summed E-state index contributed by atoms with van der Waals surface area (Å²) in [6, 6.07) is 17.4. The summed E-state index contributed by atoms with van der Waals surface area (Å²) in [7, 11) is 4.05. The number of para-hydroxylation sites is 1. The predicted molar refractivity (Wildman–Crippen MR) is 93.1 cm³/mol. The average molecular weight is 328 g/mol. The van der Waals surface area contributed by atoms with E-state index in [9.17, 15) is 8.78 Å². The van der Waals surface area contributed by atoms with Gasteiger partial charge in [0.2, 0.25) is 0 Å². The third kappa shape index (κ3) is 2.85. The zero-order chi connectivity index (χ0) is 16.4. The van der Waals surface area contributed by atoms with E-state index in [1.165, 1.54) is 7.11 Å². The molecule has 3 rings (SSSR count). The molecule has 0 amide bonds. The molecule has 0 saturated heterocycles. The summed E-state index contributed by atoms with van der Waals surface area (Å²) in [6.07, 6.45) is 0. The number of hydrogen-bond acceptors (Lipinski definition) is 1. The van der Waals surface area contributed by atoms with Gasteiger partial charge in [-0.05, 0) is 16.9 Å². The molecule has 3 aromatic carbocycles. The van der Waals surface area contributed by atoms with Crippen molar-refractivity contribution in [3.05, 3.63) is 72.3 Å². The fourth-order valence-corrected chi connectivity index (χ4v) is 2.94. The maximum atomic E-state index is 14.6. The van der Waals surface area contributed by atoms with Crippen LogP contribution in [0.25, 0.3) is 22.3 Å². The molecule has 4 heteroatoms. The van der Waals surface area contributed by atoms with Gasteiger partial charge in [0, 0.05) is 16.7 Å². The SMILES string of the molecule is COc1ccccc1-c1ccc(-c2ccccc2P)c(F)c1F. The summed E-state index contributed by atoms with van der Waals surface area (Å²) in [5, 5.41) is 0.816. The van der Waals surface area contributed by atoms with E-state index in [1.54, 1.807) is 48.5 Å². The second kappa shape index (κ2) is 6.47. The Morgan fingerprint density at radius 1 is 0.696 bits per heavy atom. The first kappa shape index (κ1) is 15.6. The van der Waals surface area contributed by atoms with Gasteiger partial charge in [0.15, 0.2) is 11.6 Å². The highest BCUT2D eigenvalue weighted by Crippen LogP contribution is 2.35.